The van der Waals surface area contributed by atoms with Crippen molar-refractivity contribution in [3.05, 3.63) is 34.1 Å². The van der Waals surface area contributed by atoms with Gasteiger partial charge in [-0.1, -0.05) is 26.7 Å². The third-order valence-electron chi connectivity index (χ3n) is 4.20. The van der Waals surface area contributed by atoms with E-state index < -0.39 is 5.82 Å². The predicted octanol–water partition coefficient (Wildman–Crippen LogP) is 4.14. The molecule has 3 atom stereocenters. The Morgan fingerprint density at radius 2 is 2.11 bits per heavy atom. The highest BCUT2D eigenvalue weighted by atomic mass is 79.9. The summed E-state index contributed by atoms with van der Waals surface area (Å²) in [4.78, 5) is 12.2. The van der Waals surface area contributed by atoms with E-state index in [0.717, 1.165) is 12.8 Å². The topological polar surface area (TPSA) is 29.1 Å². The van der Waals surface area contributed by atoms with Crippen LogP contribution < -0.4 is 5.32 Å². The number of carbonyl (C=O) groups is 1. The highest BCUT2D eigenvalue weighted by molar-refractivity contribution is 9.10. The van der Waals surface area contributed by atoms with E-state index in [4.69, 9.17) is 0 Å². The molecular formula is C15H19BrFNO. The van der Waals surface area contributed by atoms with Crippen molar-refractivity contribution in [2.75, 3.05) is 0 Å². The highest BCUT2D eigenvalue weighted by Gasteiger charge is 2.28. The zero-order valence-electron chi connectivity index (χ0n) is 11.2. The highest BCUT2D eigenvalue weighted by Crippen LogP contribution is 2.30. The van der Waals surface area contributed by atoms with Gasteiger partial charge in [-0.2, -0.15) is 0 Å². The van der Waals surface area contributed by atoms with Crippen LogP contribution in [-0.2, 0) is 0 Å². The number of hydrogen-bond acceptors (Lipinski definition) is 1. The van der Waals surface area contributed by atoms with Gasteiger partial charge in [0.2, 0.25) is 0 Å². The number of halogens is 2. The van der Waals surface area contributed by atoms with Crippen molar-refractivity contribution in [1.29, 1.82) is 0 Å². The van der Waals surface area contributed by atoms with Crippen LogP contribution in [0, 0.1) is 17.7 Å². The summed E-state index contributed by atoms with van der Waals surface area (Å²) in [7, 11) is 0. The summed E-state index contributed by atoms with van der Waals surface area (Å²) >= 11 is 3.30. The van der Waals surface area contributed by atoms with Crippen LogP contribution in [-0.4, -0.2) is 11.9 Å². The van der Waals surface area contributed by atoms with Crippen molar-refractivity contribution >= 4 is 21.8 Å². The third kappa shape index (κ3) is 3.35. The molecule has 1 saturated carbocycles. The molecule has 1 aliphatic rings. The molecule has 4 heteroatoms. The zero-order chi connectivity index (χ0) is 14.0. The van der Waals surface area contributed by atoms with Crippen molar-refractivity contribution in [1.82, 2.24) is 5.32 Å². The Hall–Kier alpha value is -0.900. The van der Waals surface area contributed by atoms with Gasteiger partial charge in [0, 0.05) is 10.5 Å². The Morgan fingerprint density at radius 1 is 1.37 bits per heavy atom. The van der Waals surface area contributed by atoms with Gasteiger partial charge in [0.15, 0.2) is 0 Å². The van der Waals surface area contributed by atoms with Gasteiger partial charge in [0.1, 0.15) is 5.82 Å². The van der Waals surface area contributed by atoms with E-state index in [-0.39, 0.29) is 11.9 Å². The molecule has 1 amide bonds. The van der Waals surface area contributed by atoms with E-state index in [9.17, 15) is 9.18 Å². The molecule has 2 nitrogen and oxygen atoms in total. The van der Waals surface area contributed by atoms with Gasteiger partial charge in [0.25, 0.3) is 5.91 Å². The Labute approximate surface area is 121 Å². The van der Waals surface area contributed by atoms with E-state index in [1.54, 1.807) is 6.07 Å². The maximum Gasteiger partial charge on any atom is 0.252 e. The maximum absolute atomic E-state index is 13.2. The van der Waals surface area contributed by atoms with Gasteiger partial charge in [-0.15, -0.1) is 0 Å². The molecule has 0 aromatic heterocycles. The fourth-order valence-corrected chi connectivity index (χ4v) is 3.13. The first-order valence-corrected chi connectivity index (χ1v) is 7.54. The normalized spacial score (nSPS) is 27.1. The van der Waals surface area contributed by atoms with Crippen LogP contribution in [0.1, 0.15) is 43.5 Å². The minimum atomic E-state index is -0.390. The molecule has 0 spiro atoms. The van der Waals surface area contributed by atoms with Gasteiger partial charge in [-0.05, 0) is 52.4 Å². The molecule has 0 bridgehead atoms. The molecule has 1 aromatic carbocycles. The Kier molecular flexibility index (Phi) is 4.61. The molecule has 0 saturated heterocycles. The standard InChI is InChI=1S/C15H19BrFNO/c1-9-4-3-5-14(10(9)2)18-15(19)12-8-11(17)6-7-13(12)16/h6-10,14H,3-5H2,1-2H3,(H,18,19). The second kappa shape index (κ2) is 6.04. The number of benzene rings is 1. The number of rotatable bonds is 2. The number of nitrogens with one attached hydrogen (secondary N) is 1. The lowest BCUT2D eigenvalue weighted by Gasteiger charge is -2.34. The fourth-order valence-electron chi connectivity index (χ4n) is 2.70. The van der Waals surface area contributed by atoms with Crippen LogP contribution in [0.3, 0.4) is 0 Å². The van der Waals surface area contributed by atoms with E-state index in [1.165, 1.54) is 18.6 Å². The lowest BCUT2D eigenvalue weighted by atomic mass is 9.78. The Morgan fingerprint density at radius 3 is 2.84 bits per heavy atom. The third-order valence-corrected chi connectivity index (χ3v) is 4.89. The van der Waals surface area contributed by atoms with Crippen LogP contribution >= 0.6 is 15.9 Å². The van der Waals surface area contributed by atoms with Gasteiger partial charge >= 0.3 is 0 Å². The second-order valence-corrected chi connectivity index (χ2v) is 6.33. The van der Waals surface area contributed by atoms with Gasteiger partial charge in [-0.3, -0.25) is 4.79 Å². The van der Waals surface area contributed by atoms with Crippen molar-refractivity contribution < 1.29 is 9.18 Å². The lowest BCUT2D eigenvalue weighted by Crippen LogP contribution is -2.43. The number of amides is 1. The minimum absolute atomic E-state index is 0.186. The van der Waals surface area contributed by atoms with Crippen molar-refractivity contribution in [2.45, 2.75) is 39.2 Å². The molecule has 1 aliphatic carbocycles. The first kappa shape index (κ1) is 14.5. The molecule has 2 rings (SSSR count). The van der Waals surface area contributed by atoms with Gasteiger partial charge in [-0.25, -0.2) is 4.39 Å². The van der Waals surface area contributed by atoms with E-state index in [0.29, 0.717) is 21.9 Å². The first-order valence-electron chi connectivity index (χ1n) is 6.75. The van der Waals surface area contributed by atoms with E-state index in [2.05, 4.69) is 35.1 Å². The minimum Gasteiger partial charge on any atom is -0.349 e. The maximum atomic E-state index is 13.2. The van der Waals surface area contributed by atoms with Crippen molar-refractivity contribution in [3.8, 4) is 0 Å². The Bertz CT molecular complexity index is 477. The molecule has 0 aliphatic heterocycles. The zero-order valence-corrected chi connectivity index (χ0v) is 12.8. The molecular weight excluding hydrogens is 309 g/mol. The average molecular weight is 328 g/mol. The van der Waals surface area contributed by atoms with Gasteiger partial charge in [0.05, 0.1) is 5.56 Å². The molecule has 1 aromatic rings. The summed E-state index contributed by atoms with van der Waals surface area (Å²) in [5, 5.41) is 3.05. The number of carbonyl (C=O) groups excluding carboxylic acids is 1. The van der Waals surface area contributed by atoms with E-state index in [1.807, 2.05) is 0 Å². The molecule has 3 unspecified atom stereocenters. The van der Waals surface area contributed by atoms with Crippen LogP contribution in [0.25, 0.3) is 0 Å². The molecule has 0 radical (unpaired) electrons. The molecule has 0 heterocycles. The summed E-state index contributed by atoms with van der Waals surface area (Å²) in [5.41, 5.74) is 0.366. The monoisotopic (exact) mass is 327 g/mol. The van der Waals surface area contributed by atoms with Crippen molar-refractivity contribution in [3.63, 3.8) is 0 Å². The molecule has 19 heavy (non-hydrogen) atoms. The largest absolute Gasteiger partial charge is 0.349 e. The second-order valence-electron chi connectivity index (χ2n) is 5.47. The summed E-state index contributed by atoms with van der Waals surface area (Å²) in [5.74, 6) is 0.496. The number of hydrogen-bond donors (Lipinski definition) is 1. The first-order chi connectivity index (χ1) is 8.99. The predicted molar refractivity (Wildman–Crippen MR) is 77.5 cm³/mol. The van der Waals surface area contributed by atoms with Crippen LogP contribution in [0.15, 0.2) is 22.7 Å². The van der Waals surface area contributed by atoms with Crippen LogP contribution in [0.2, 0.25) is 0 Å². The summed E-state index contributed by atoms with van der Waals surface area (Å²) in [6.45, 7) is 4.40. The van der Waals surface area contributed by atoms with Crippen LogP contribution in [0.5, 0.6) is 0 Å². The quantitative estimate of drug-likeness (QED) is 0.868. The molecule has 104 valence electrons. The summed E-state index contributed by atoms with van der Waals surface area (Å²) in [6, 6.07) is 4.37. The fraction of sp³-hybridized carbons (Fsp3) is 0.533. The summed E-state index contributed by atoms with van der Waals surface area (Å²) < 4.78 is 13.9. The smallest absolute Gasteiger partial charge is 0.252 e. The SMILES string of the molecule is CC1CCCC(NC(=O)c2cc(F)ccc2Br)C1C. The summed E-state index contributed by atoms with van der Waals surface area (Å²) in [6.07, 6.45) is 3.36. The average Bonchev–Trinajstić information content (AvgIpc) is 2.38. The van der Waals surface area contributed by atoms with Gasteiger partial charge < -0.3 is 5.32 Å². The molecule has 1 fully saturated rings. The van der Waals surface area contributed by atoms with E-state index >= 15 is 0 Å². The molecule has 1 N–H and O–H groups in total. The Balaban J connectivity index is 2.10. The lowest BCUT2D eigenvalue weighted by molar-refractivity contribution is 0.0890. The van der Waals surface area contributed by atoms with Crippen LogP contribution in [0.4, 0.5) is 4.39 Å². The van der Waals surface area contributed by atoms with Crippen molar-refractivity contribution in [2.24, 2.45) is 11.8 Å².